The van der Waals surface area contributed by atoms with Gasteiger partial charge in [-0.25, -0.2) is 4.98 Å². The van der Waals surface area contributed by atoms with Gasteiger partial charge < -0.3 is 15.2 Å². The molecule has 0 bridgehead atoms. The van der Waals surface area contributed by atoms with E-state index in [0.29, 0.717) is 5.92 Å². The van der Waals surface area contributed by atoms with Crippen LogP contribution in [-0.2, 0) is 6.54 Å². The van der Waals surface area contributed by atoms with Crippen molar-refractivity contribution >= 4 is 17.0 Å². The number of methoxy groups -OCH3 is 1. The molecule has 158 valence electrons. The maximum absolute atomic E-state index is 9.99. The maximum Gasteiger partial charge on any atom is 0.118 e. The molecule has 0 radical (unpaired) electrons. The largest absolute Gasteiger partial charge is 0.497 e. The fraction of sp³-hybridized carbons (Fsp3) is 0.320. The third kappa shape index (κ3) is 4.05. The van der Waals surface area contributed by atoms with Crippen molar-refractivity contribution in [2.45, 2.75) is 25.0 Å². The quantitative estimate of drug-likeness (QED) is 0.614. The summed E-state index contributed by atoms with van der Waals surface area (Å²) in [7, 11) is 1.66. The van der Waals surface area contributed by atoms with Gasteiger partial charge in [0.05, 0.1) is 26.3 Å². The lowest BCUT2D eigenvalue weighted by Gasteiger charge is -2.39. The second kappa shape index (κ2) is 8.72. The number of ether oxygens (including phenoxy) is 1. The Kier molecular flexibility index (Phi) is 5.65. The van der Waals surface area contributed by atoms with E-state index >= 15 is 0 Å². The smallest absolute Gasteiger partial charge is 0.118 e. The molecule has 2 aliphatic heterocycles. The molecule has 3 atom stereocenters. The van der Waals surface area contributed by atoms with Crippen LogP contribution in [0.1, 0.15) is 34.2 Å². The number of nitrogens with one attached hydrogen (secondary N) is 1. The van der Waals surface area contributed by atoms with Gasteiger partial charge in [-0.15, -0.1) is 11.3 Å². The third-order valence-corrected chi connectivity index (χ3v) is 7.00. The van der Waals surface area contributed by atoms with Crippen molar-refractivity contribution in [3.05, 3.63) is 75.7 Å². The SMILES string of the molecule is COc1ccc(C#Cc2ccc3c(c2)[C@@H]2[C@@H](CCN2Cc2nccs2)[C@H](CO)N3)cc1. The third-order valence-electron chi connectivity index (χ3n) is 6.24. The van der Waals surface area contributed by atoms with Crippen LogP contribution in [0.3, 0.4) is 0 Å². The van der Waals surface area contributed by atoms with Crippen LogP contribution in [0.5, 0.6) is 5.75 Å². The molecule has 3 aromatic rings. The Morgan fingerprint density at radius 2 is 2.00 bits per heavy atom. The molecule has 1 aromatic heterocycles. The minimum absolute atomic E-state index is 0.0787. The van der Waals surface area contributed by atoms with Crippen LogP contribution in [0.4, 0.5) is 5.69 Å². The van der Waals surface area contributed by atoms with E-state index in [1.807, 2.05) is 35.8 Å². The fourth-order valence-electron chi connectivity index (χ4n) is 4.74. The van der Waals surface area contributed by atoms with Gasteiger partial charge >= 0.3 is 0 Å². The second-order valence-electron chi connectivity index (χ2n) is 8.01. The van der Waals surface area contributed by atoms with Crippen molar-refractivity contribution in [2.24, 2.45) is 5.92 Å². The molecule has 5 nitrogen and oxygen atoms in total. The van der Waals surface area contributed by atoms with E-state index in [2.05, 4.69) is 45.2 Å². The van der Waals surface area contributed by atoms with E-state index in [1.165, 1.54) is 5.56 Å². The highest BCUT2D eigenvalue weighted by molar-refractivity contribution is 7.09. The molecule has 0 amide bonds. The minimum atomic E-state index is 0.0787. The van der Waals surface area contributed by atoms with Crippen molar-refractivity contribution in [3.8, 4) is 17.6 Å². The molecule has 0 spiro atoms. The molecule has 1 saturated heterocycles. The summed E-state index contributed by atoms with van der Waals surface area (Å²) in [4.78, 5) is 6.99. The number of nitrogens with zero attached hydrogens (tertiary/aromatic N) is 2. The number of aliphatic hydroxyl groups is 1. The van der Waals surface area contributed by atoms with E-state index in [0.717, 1.165) is 47.1 Å². The molecule has 1 fully saturated rings. The monoisotopic (exact) mass is 431 g/mol. The molecule has 2 aromatic carbocycles. The normalized spacial score (nSPS) is 22.1. The van der Waals surface area contributed by atoms with Crippen molar-refractivity contribution in [1.82, 2.24) is 9.88 Å². The van der Waals surface area contributed by atoms with Crippen molar-refractivity contribution in [2.75, 3.05) is 25.6 Å². The standard InChI is InChI=1S/C25H25N3O2S/c1-30-19-7-4-17(5-8-19)2-3-18-6-9-22-21(14-18)25-20(23(16-29)27-22)10-12-28(25)15-24-26-11-13-31-24/h4-9,11,13-14,20,23,25,27,29H,10,12,15-16H2,1H3/t20-,23-,25-/m0/s1. The van der Waals surface area contributed by atoms with Gasteiger partial charge in [0, 0.05) is 40.4 Å². The molecule has 0 aliphatic carbocycles. The Morgan fingerprint density at radius 1 is 1.19 bits per heavy atom. The Bertz CT molecular complexity index is 1100. The average molecular weight is 432 g/mol. The van der Waals surface area contributed by atoms with Gasteiger partial charge in [-0.1, -0.05) is 11.8 Å². The summed E-state index contributed by atoms with van der Waals surface area (Å²) in [5, 5.41) is 16.7. The zero-order valence-electron chi connectivity index (χ0n) is 17.4. The molecule has 5 rings (SSSR count). The number of fused-ring (bicyclic) bond motifs is 3. The minimum Gasteiger partial charge on any atom is -0.497 e. The second-order valence-corrected chi connectivity index (χ2v) is 8.99. The number of thiazole rings is 1. The van der Waals surface area contributed by atoms with E-state index in [-0.39, 0.29) is 18.7 Å². The van der Waals surface area contributed by atoms with Gasteiger partial charge in [0.2, 0.25) is 0 Å². The fourth-order valence-corrected chi connectivity index (χ4v) is 5.38. The molecular weight excluding hydrogens is 406 g/mol. The number of hydrogen-bond acceptors (Lipinski definition) is 6. The first-order valence-electron chi connectivity index (χ1n) is 10.5. The molecule has 0 unspecified atom stereocenters. The van der Waals surface area contributed by atoms with E-state index < -0.39 is 0 Å². The van der Waals surface area contributed by atoms with Crippen LogP contribution in [-0.4, -0.2) is 41.3 Å². The van der Waals surface area contributed by atoms with Crippen LogP contribution in [0, 0.1) is 17.8 Å². The van der Waals surface area contributed by atoms with Crippen LogP contribution in [0.2, 0.25) is 0 Å². The van der Waals surface area contributed by atoms with E-state index in [9.17, 15) is 5.11 Å². The summed E-state index contributed by atoms with van der Waals surface area (Å²) in [6.07, 6.45) is 2.93. The first kappa shape index (κ1) is 20.1. The zero-order chi connectivity index (χ0) is 21.2. The number of aromatic nitrogens is 1. The number of aliphatic hydroxyl groups excluding tert-OH is 1. The van der Waals surface area contributed by atoms with Gasteiger partial charge in [0.1, 0.15) is 10.8 Å². The van der Waals surface area contributed by atoms with E-state index in [4.69, 9.17) is 4.74 Å². The summed E-state index contributed by atoms with van der Waals surface area (Å²) in [6, 6.07) is 14.5. The number of benzene rings is 2. The molecule has 31 heavy (non-hydrogen) atoms. The molecular formula is C25H25N3O2S. The van der Waals surface area contributed by atoms with Gasteiger partial charge in [0.25, 0.3) is 0 Å². The average Bonchev–Trinajstić information content (AvgIpc) is 3.48. The highest BCUT2D eigenvalue weighted by Crippen LogP contribution is 2.47. The van der Waals surface area contributed by atoms with Gasteiger partial charge in [-0.2, -0.15) is 0 Å². The summed E-state index contributed by atoms with van der Waals surface area (Å²) in [6.45, 7) is 2.00. The van der Waals surface area contributed by atoms with Crippen LogP contribution in [0.15, 0.2) is 54.0 Å². The lowest BCUT2D eigenvalue weighted by atomic mass is 9.82. The summed E-state index contributed by atoms with van der Waals surface area (Å²) in [5.41, 5.74) is 4.33. The molecule has 2 N–H and O–H groups in total. The molecule has 0 saturated carbocycles. The molecule has 2 aliphatic rings. The topological polar surface area (TPSA) is 57.6 Å². The lowest BCUT2D eigenvalue weighted by molar-refractivity contribution is 0.172. The molecule has 3 heterocycles. The highest BCUT2D eigenvalue weighted by Gasteiger charge is 2.43. The van der Waals surface area contributed by atoms with Gasteiger partial charge in [0.15, 0.2) is 0 Å². The van der Waals surface area contributed by atoms with Crippen LogP contribution < -0.4 is 10.1 Å². The highest BCUT2D eigenvalue weighted by atomic mass is 32.1. The van der Waals surface area contributed by atoms with Crippen LogP contribution in [0.25, 0.3) is 0 Å². The van der Waals surface area contributed by atoms with E-state index in [1.54, 1.807) is 18.4 Å². The Hall–Kier alpha value is -2.85. The zero-order valence-corrected chi connectivity index (χ0v) is 18.2. The van der Waals surface area contributed by atoms with Gasteiger partial charge in [-0.3, -0.25) is 4.90 Å². The van der Waals surface area contributed by atoms with Crippen molar-refractivity contribution in [1.29, 1.82) is 0 Å². The predicted molar refractivity (Wildman–Crippen MR) is 123 cm³/mol. The molecule has 6 heteroatoms. The number of anilines is 1. The number of likely N-dealkylation sites (tertiary alicyclic amines) is 1. The maximum atomic E-state index is 9.99. The predicted octanol–water partition coefficient (Wildman–Crippen LogP) is 3.90. The number of hydrogen-bond donors (Lipinski definition) is 2. The van der Waals surface area contributed by atoms with Crippen molar-refractivity contribution < 1.29 is 9.84 Å². The van der Waals surface area contributed by atoms with Gasteiger partial charge in [-0.05, 0) is 61.0 Å². The summed E-state index contributed by atoms with van der Waals surface area (Å²) in [5.74, 6) is 7.78. The summed E-state index contributed by atoms with van der Waals surface area (Å²) < 4.78 is 5.22. The Balaban J connectivity index is 1.45. The van der Waals surface area contributed by atoms with Crippen molar-refractivity contribution in [3.63, 3.8) is 0 Å². The Labute approximate surface area is 186 Å². The summed E-state index contributed by atoms with van der Waals surface area (Å²) >= 11 is 1.70. The lowest BCUT2D eigenvalue weighted by Crippen LogP contribution is -2.41. The van der Waals surface area contributed by atoms with Crippen LogP contribution >= 0.6 is 11.3 Å². The number of rotatable bonds is 4. The first-order chi connectivity index (χ1) is 15.2. The Morgan fingerprint density at radius 3 is 2.74 bits per heavy atom. The first-order valence-corrected chi connectivity index (χ1v) is 11.4.